The van der Waals surface area contributed by atoms with Gasteiger partial charge in [0, 0.05) is 26.1 Å². The van der Waals surface area contributed by atoms with Crippen LogP contribution in [-0.4, -0.2) is 57.2 Å². The van der Waals surface area contributed by atoms with E-state index in [2.05, 4.69) is 0 Å². The molecule has 0 heterocycles. The molecule has 0 fully saturated rings. The van der Waals surface area contributed by atoms with E-state index in [9.17, 15) is 19.6 Å². The zero-order valence-corrected chi connectivity index (χ0v) is 14.3. The van der Waals surface area contributed by atoms with Crippen molar-refractivity contribution in [1.82, 2.24) is 0 Å². The van der Waals surface area contributed by atoms with E-state index in [1.807, 2.05) is 0 Å². The van der Waals surface area contributed by atoms with Gasteiger partial charge in [-0.05, 0) is 17.7 Å². The Hall–Kier alpha value is -2.17. The highest BCUT2D eigenvalue weighted by molar-refractivity contribution is 5.54. The first-order chi connectivity index (χ1) is 12.0. The Morgan fingerprint density at radius 3 is 2.08 bits per heavy atom. The summed E-state index contributed by atoms with van der Waals surface area (Å²) in [5, 5.41) is 21.1. The molecule has 1 unspecified atom stereocenters. The van der Waals surface area contributed by atoms with Crippen molar-refractivity contribution in [2.75, 3.05) is 41.1 Å². The van der Waals surface area contributed by atoms with Crippen molar-refractivity contribution in [3.05, 3.63) is 27.8 Å². The summed E-state index contributed by atoms with van der Waals surface area (Å²) in [5.41, 5.74) is 0.175. The molecule has 0 aromatic heterocycles. The van der Waals surface area contributed by atoms with Gasteiger partial charge < -0.3 is 28.8 Å². The lowest BCUT2D eigenvalue weighted by Gasteiger charge is -2.20. The van der Waals surface area contributed by atoms with Crippen LogP contribution in [0, 0.1) is 10.1 Å². The number of benzene rings is 1. The lowest BCUT2D eigenvalue weighted by atomic mass is 10.0. The van der Waals surface area contributed by atoms with Crippen LogP contribution in [0.15, 0.2) is 12.1 Å². The van der Waals surface area contributed by atoms with Crippen molar-refractivity contribution in [1.29, 1.82) is 0 Å². The van der Waals surface area contributed by atoms with Crippen molar-refractivity contribution >= 4 is 0 Å². The fourth-order valence-corrected chi connectivity index (χ4v) is 1.90. The molecule has 0 aliphatic rings. The fraction of sp³-hybridized carbons (Fsp3) is 0.600. The average Bonchev–Trinajstić information content (AvgIpc) is 2.61. The van der Waals surface area contributed by atoms with Crippen molar-refractivity contribution < 1.29 is 38.1 Å². The predicted octanol–water partition coefficient (Wildman–Crippen LogP) is 1.70. The molecule has 0 saturated heterocycles. The molecule has 0 bridgehead atoms. The Balaban J connectivity index is 3.30. The zero-order valence-electron chi connectivity index (χ0n) is 14.3. The second-order valence-corrected chi connectivity index (χ2v) is 4.96. The van der Waals surface area contributed by atoms with Crippen LogP contribution in [0.4, 0.5) is 4.39 Å². The zero-order chi connectivity index (χ0) is 18.8. The number of methoxy groups -OCH3 is 2. The molecule has 142 valence electrons. The van der Waals surface area contributed by atoms with Crippen molar-refractivity contribution in [2.24, 2.45) is 0 Å². The number of hydrogen-bond acceptors (Lipinski definition) is 8. The molecule has 0 amide bonds. The van der Waals surface area contributed by atoms with Crippen molar-refractivity contribution in [2.45, 2.75) is 19.1 Å². The number of rotatable bonds is 12. The van der Waals surface area contributed by atoms with Crippen LogP contribution in [0.5, 0.6) is 17.2 Å². The Morgan fingerprint density at radius 2 is 1.68 bits per heavy atom. The average molecular weight is 363 g/mol. The second kappa shape index (κ2) is 10.6. The van der Waals surface area contributed by atoms with Gasteiger partial charge in [0.1, 0.15) is 19.4 Å². The Kier molecular flexibility index (Phi) is 8.89. The van der Waals surface area contributed by atoms with Crippen LogP contribution in [0.3, 0.4) is 0 Å². The van der Waals surface area contributed by atoms with Crippen molar-refractivity contribution in [3.8, 4) is 17.2 Å². The molecule has 0 aliphatic carbocycles. The van der Waals surface area contributed by atoms with Crippen LogP contribution < -0.4 is 14.2 Å². The molecule has 0 aliphatic heterocycles. The Labute approximate surface area is 144 Å². The highest BCUT2D eigenvalue weighted by atomic mass is 19.1. The normalized spacial score (nSPS) is 13.2. The van der Waals surface area contributed by atoms with Crippen LogP contribution >= 0.6 is 0 Å². The van der Waals surface area contributed by atoms with E-state index in [1.54, 1.807) is 0 Å². The summed E-state index contributed by atoms with van der Waals surface area (Å²) in [6.07, 6.45) is -1.42. The third kappa shape index (κ3) is 6.00. The lowest BCUT2D eigenvalue weighted by Crippen LogP contribution is -2.24. The van der Waals surface area contributed by atoms with E-state index in [0.717, 1.165) is 0 Å². The topological polar surface area (TPSA) is 110 Å². The summed E-state index contributed by atoms with van der Waals surface area (Å²) in [6, 6.07) is 1.46. The summed E-state index contributed by atoms with van der Waals surface area (Å²) in [6.45, 7) is -0.0281. The molecular weight excluding hydrogens is 341 g/mol. The maximum Gasteiger partial charge on any atom is 0.239 e. The standard InChI is InChI=1S/C15H22FNO8/c1-10(17(19)20)14(18)11-6-12(24-8-21-2)15(23-5-4-16)13(7-11)25-9-22-3/h6-7,10,14,18H,4-5,8-9H2,1-3H3/t10-,14?/m1/s1. The molecule has 1 aromatic rings. The molecule has 0 spiro atoms. The molecule has 1 rings (SSSR count). The minimum atomic E-state index is -1.42. The molecule has 2 atom stereocenters. The number of nitrogens with zero attached hydrogens (tertiary/aromatic N) is 1. The number of aliphatic hydroxyl groups excluding tert-OH is 1. The molecule has 1 N–H and O–H groups in total. The highest BCUT2D eigenvalue weighted by Gasteiger charge is 2.28. The largest absolute Gasteiger partial charge is 0.484 e. The van der Waals surface area contributed by atoms with E-state index < -0.39 is 23.7 Å². The van der Waals surface area contributed by atoms with Gasteiger partial charge in [-0.2, -0.15) is 0 Å². The third-order valence-corrected chi connectivity index (χ3v) is 3.16. The van der Waals surface area contributed by atoms with Gasteiger partial charge in [0.15, 0.2) is 25.1 Å². The number of nitro groups is 1. The van der Waals surface area contributed by atoms with Crippen LogP contribution in [0.1, 0.15) is 18.6 Å². The van der Waals surface area contributed by atoms with Crippen molar-refractivity contribution in [3.63, 3.8) is 0 Å². The number of alkyl halides is 1. The highest BCUT2D eigenvalue weighted by Crippen LogP contribution is 2.41. The summed E-state index contributed by atoms with van der Waals surface area (Å²) in [7, 11) is 2.80. The molecular formula is C15H22FNO8. The van der Waals surface area contributed by atoms with Crippen LogP contribution in [-0.2, 0) is 9.47 Å². The monoisotopic (exact) mass is 363 g/mol. The summed E-state index contributed by atoms with van der Waals surface area (Å²) >= 11 is 0. The summed E-state index contributed by atoms with van der Waals surface area (Å²) < 4.78 is 38.2. The number of hydrogen-bond donors (Lipinski definition) is 1. The van der Waals surface area contributed by atoms with Gasteiger partial charge in [-0.1, -0.05) is 0 Å². The van der Waals surface area contributed by atoms with E-state index in [-0.39, 0.29) is 43.0 Å². The van der Waals surface area contributed by atoms with Crippen LogP contribution in [0.2, 0.25) is 0 Å². The van der Waals surface area contributed by atoms with Crippen LogP contribution in [0.25, 0.3) is 0 Å². The molecule has 10 heteroatoms. The van der Waals surface area contributed by atoms with Gasteiger partial charge in [-0.3, -0.25) is 10.1 Å². The quantitative estimate of drug-likeness (QED) is 0.339. The van der Waals surface area contributed by atoms with Gasteiger partial charge in [0.05, 0.1) is 0 Å². The first kappa shape index (κ1) is 20.9. The minimum Gasteiger partial charge on any atom is -0.484 e. The molecule has 9 nitrogen and oxygen atoms in total. The maximum atomic E-state index is 12.5. The Morgan fingerprint density at radius 1 is 1.16 bits per heavy atom. The maximum absolute atomic E-state index is 12.5. The first-order valence-electron chi connectivity index (χ1n) is 7.38. The minimum absolute atomic E-state index is 0.0801. The molecule has 25 heavy (non-hydrogen) atoms. The molecule has 1 aromatic carbocycles. The SMILES string of the molecule is COCOc1cc(C(O)[C@@H](C)[N+](=O)[O-])cc(OCOC)c1OCCF. The third-order valence-electron chi connectivity index (χ3n) is 3.16. The molecule has 0 radical (unpaired) electrons. The van der Waals surface area contributed by atoms with E-state index >= 15 is 0 Å². The molecule has 0 saturated carbocycles. The smallest absolute Gasteiger partial charge is 0.239 e. The van der Waals surface area contributed by atoms with Gasteiger partial charge in [-0.15, -0.1) is 0 Å². The van der Waals surface area contributed by atoms with Gasteiger partial charge >= 0.3 is 0 Å². The summed E-state index contributed by atoms with van der Waals surface area (Å²) in [4.78, 5) is 10.3. The van der Waals surface area contributed by atoms with Gasteiger partial charge in [0.2, 0.25) is 11.8 Å². The number of ether oxygens (including phenoxy) is 5. The fourth-order valence-electron chi connectivity index (χ4n) is 1.90. The van der Waals surface area contributed by atoms with E-state index in [1.165, 1.54) is 33.3 Å². The van der Waals surface area contributed by atoms with E-state index in [0.29, 0.717) is 0 Å². The number of aliphatic hydroxyl groups is 1. The van der Waals surface area contributed by atoms with Gasteiger partial charge in [-0.25, -0.2) is 4.39 Å². The first-order valence-corrected chi connectivity index (χ1v) is 7.38. The van der Waals surface area contributed by atoms with Gasteiger partial charge in [0.25, 0.3) is 0 Å². The second-order valence-electron chi connectivity index (χ2n) is 4.96. The predicted molar refractivity (Wildman–Crippen MR) is 84.3 cm³/mol. The van der Waals surface area contributed by atoms with E-state index in [4.69, 9.17) is 23.7 Å². The summed E-state index contributed by atoms with van der Waals surface area (Å²) in [5.74, 6) is 0.262. The Bertz CT molecular complexity index is 527. The lowest BCUT2D eigenvalue weighted by molar-refractivity contribution is -0.531. The number of halogens is 1.